The summed E-state index contributed by atoms with van der Waals surface area (Å²) in [7, 11) is 0. The van der Waals surface area contributed by atoms with Gasteiger partial charge in [0.1, 0.15) is 5.60 Å². The van der Waals surface area contributed by atoms with Crippen molar-refractivity contribution < 1.29 is 9.53 Å². The van der Waals surface area contributed by atoms with Gasteiger partial charge in [-0.3, -0.25) is 0 Å². The highest BCUT2D eigenvalue weighted by atomic mass is 16.6. The molecule has 4 heteroatoms. The highest BCUT2D eigenvalue weighted by molar-refractivity contribution is 5.68. The Balaban J connectivity index is 0.000000377. The van der Waals surface area contributed by atoms with Gasteiger partial charge < -0.3 is 15.4 Å². The molecule has 1 aliphatic heterocycles. The minimum Gasteiger partial charge on any atom is -0.444 e. The zero-order chi connectivity index (χ0) is 15.6. The Labute approximate surface area is 125 Å². The van der Waals surface area contributed by atoms with E-state index in [0.717, 1.165) is 25.9 Å². The number of likely N-dealkylation sites (tertiary alicyclic amines) is 1. The molecule has 0 aromatic carbocycles. The van der Waals surface area contributed by atoms with Crippen LogP contribution in [0.4, 0.5) is 4.79 Å². The molecule has 0 aromatic rings. The molecule has 1 saturated heterocycles. The molecule has 2 aliphatic rings. The minimum absolute atomic E-state index is 0.167. The maximum atomic E-state index is 11.4. The number of nitrogens with zero attached hydrogens (tertiary/aromatic N) is 1. The lowest BCUT2D eigenvalue weighted by molar-refractivity contribution is 0.0295. The van der Waals surface area contributed by atoms with E-state index in [1.165, 1.54) is 25.7 Å². The third-order valence-corrected chi connectivity index (χ3v) is 3.16. The molecule has 4 nitrogen and oxygen atoms in total. The average molecular weight is 286 g/mol. The van der Waals surface area contributed by atoms with Crippen LogP contribution in [0, 0.1) is 0 Å². The first-order valence-electron chi connectivity index (χ1n) is 8.12. The fraction of sp³-hybridized carbons (Fsp3) is 0.938. The number of hydrogen-bond donors (Lipinski definition) is 1. The number of hydrogen-bond acceptors (Lipinski definition) is 3. The molecular formula is C16H34N2O2. The number of nitrogens with two attached hydrogens (primary N) is 1. The number of amides is 1. The van der Waals surface area contributed by atoms with Crippen LogP contribution in [0.2, 0.25) is 0 Å². The van der Waals surface area contributed by atoms with Gasteiger partial charge in [0, 0.05) is 19.1 Å². The molecule has 0 aromatic heterocycles. The van der Waals surface area contributed by atoms with E-state index in [9.17, 15) is 4.79 Å². The van der Waals surface area contributed by atoms with E-state index in [4.69, 9.17) is 10.5 Å². The fourth-order valence-corrected chi connectivity index (χ4v) is 2.18. The molecule has 0 bridgehead atoms. The number of carbonyl (C=O) groups excluding carboxylic acids is 1. The van der Waals surface area contributed by atoms with E-state index in [1.807, 2.05) is 34.6 Å². The molecule has 1 saturated carbocycles. The third kappa shape index (κ3) is 9.18. The molecule has 0 spiro atoms. The summed E-state index contributed by atoms with van der Waals surface area (Å²) in [6, 6.07) is 0.546. The molecule has 0 unspecified atom stereocenters. The van der Waals surface area contributed by atoms with Crippen LogP contribution in [-0.4, -0.2) is 35.7 Å². The van der Waals surface area contributed by atoms with Gasteiger partial charge in [0.05, 0.1) is 0 Å². The highest BCUT2D eigenvalue weighted by Crippen LogP contribution is 2.15. The summed E-state index contributed by atoms with van der Waals surface area (Å²) in [6.07, 6.45) is 7.31. The predicted molar refractivity (Wildman–Crippen MR) is 84.8 cm³/mol. The number of ether oxygens (including phenoxy) is 1. The van der Waals surface area contributed by atoms with Gasteiger partial charge in [0.2, 0.25) is 0 Å². The Bertz CT molecular complexity index is 250. The highest BCUT2D eigenvalue weighted by Gasteiger charge is 2.23. The monoisotopic (exact) mass is 286 g/mol. The van der Waals surface area contributed by atoms with Crippen molar-refractivity contribution in [1.29, 1.82) is 0 Å². The first-order chi connectivity index (χ1) is 9.38. The van der Waals surface area contributed by atoms with E-state index in [2.05, 4.69) is 0 Å². The Kier molecular flexibility index (Phi) is 9.64. The van der Waals surface area contributed by atoms with Crippen LogP contribution < -0.4 is 5.73 Å². The van der Waals surface area contributed by atoms with Crippen molar-refractivity contribution >= 4 is 6.09 Å². The summed E-state index contributed by atoms with van der Waals surface area (Å²) in [5.41, 5.74) is 5.17. The van der Waals surface area contributed by atoms with Crippen molar-refractivity contribution in [1.82, 2.24) is 4.90 Å². The first kappa shape index (κ1) is 19.2. The second-order valence-electron chi connectivity index (χ2n) is 6.22. The van der Waals surface area contributed by atoms with Crippen molar-refractivity contribution in [2.75, 3.05) is 13.1 Å². The fourth-order valence-electron chi connectivity index (χ4n) is 2.18. The Morgan fingerprint density at radius 3 is 1.80 bits per heavy atom. The SMILES string of the molecule is CC.CC(C)(C)OC(=O)N1CCCC1.NC1CCCC1. The lowest BCUT2D eigenvalue weighted by Gasteiger charge is -2.23. The van der Waals surface area contributed by atoms with Crippen molar-refractivity contribution in [2.24, 2.45) is 5.73 Å². The third-order valence-electron chi connectivity index (χ3n) is 3.16. The van der Waals surface area contributed by atoms with Crippen LogP contribution in [0.3, 0.4) is 0 Å². The van der Waals surface area contributed by atoms with Crippen LogP contribution >= 0.6 is 0 Å². The summed E-state index contributed by atoms with van der Waals surface area (Å²) in [5, 5.41) is 0. The summed E-state index contributed by atoms with van der Waals surface area (Å²) in [6.45, 7) is 11.4. The molecule has 120 valence electrons. The maximum Gasteiger partial charge on any atom is 0.410 e. The minimum atomic E-state index is -0.361. The number of rotatable bonds is 0. The van der Waals surface area contributed by atoms with E-state index >= 15 is 0 Å². The first-order valence-corrected chi connectivity index (χ1v) is 8.12. The summed E-state index contributed by atoms with van der Waals surface area (Å²) >= 11 is 0. The van der Waals surface area contributed by atoms with E-state index in [1.54, 1.807) is 4.90 Å². The van der Waals surface area contributed by atoms with Crippen molar-refractivity contribution in [3.8, 4) is 0 Å². The van der Waals surface area contributed by atoms with Gasteiger partial charge in [-0.1, -0.05) is 26.7 Å². The molecular weight excluding hydrogens is 252 g/mol. The van der Waals surface area contributed by atoms with Gasteiger partial charge in [-0.25, -0.2) is 4.79 Å². The molecule has 20 heavy (non-hydrogen) atoms. The van der Waals surface area contributed by atoms with Gasteiger partial charge in [-0.05, 0) is 46.5 Å². The second-order valence-corrected chi connectivity index (χ2v) is 6.22. The van der Waals surface area contributed by atoms with Gasteiger partial charge in [-0.2, -0.15) is 0 Å². The second kappa shape index (κ2) is 10.0. The topological polar surface area (TPSA) is 55.6 Å². The van der Waals surface area contributed by atoms with Crippen LogP contribution in [0.15, 0.2) is 0 Å². The van der Waals surface area contributed by atoms with Crippen LogP contribution in [-0.2, 0) is 4.74 Å². The number of carbonyl (C=O) groups is 1. The molecule has 0 radical (unpaired) electrons. The Morgan fingerprint density at radius 2 is 1.50 bits per heavy atom. The van der Waals surface area contributed by atoms with Gasteiger partial charge in [0.25, 0.3) is 0 Å². The largest absolute Gasteiger partial charge is 0.444 e. The normalized spacial score (nSPS) is 18.8. The van der Waals surface area contributed by atoms with Gasteiger partial charge in [-0.15, -0.1) is 0 Å². The van der Waals surface area contributed by atoms with Crippen LogP contribution in [0.25, 0.3) is 0 Å². The smallest absolute Gasteiger partial charge is 0.410 e. The molecule has 2 fully saturated rings. The van der Waals surface area contributed by atoms with Crippen molar-refractivity contribution in [2.45, 2.75) is 84.8 Å². The molecule has 1 aliphatic carbocycles. The molecule has 0 atom stereocenters. The summed E-state index contributed by atoms with van der Waals surface area (Å²) in [4.78, 5) is 13.1. The molecule has 2 rings (SSSR count). The van der Waals surface area contributed by atoms with Gasteiger partial charge >= 0.3 is 6.09 Å². The predicted octanol–water partition coefficient (Wildman–Crippen LogP) is 3.93. The molecule has 1 heterocycles. The van der Waals surface area contributed by atoms with Crippen molar-refractivity contribution in [3.63, 3.8) is 0 Å². The lowest BCUT2D eigenvalue weighted by Crippen LogP contribution is -2.34. The van der Waals surface area contributed by atoms with Gasteiger partial charge in [0.15, 0.2) is 0 Å². The Hall–Kier alpha value is -0.770. The quantitative estimate of drug-likeness (QED) is 0.734. The Morgan fingerprint density at radius 1 is 1.05 bits per heavy atom. The summed E-state index contributed by atoms with van der Waals surface area (Å²) < 4.78 is 5.21. The van der Waals surface area contributed by atoms with Crippen LogP contribution in [0.1, 0.15) is 73.1 Å². The zero-order valence-electron chi connectivity index (χ0n) is 14.1. The van der Waals surface area contributed by atoms with Crippen molar-refractivity contribution in [3.05, 3.63) is 0 Å². The van der Waals surface area contributed by atoms with E-state index in [-0.39, 0.29) is 11.7 Å². The molecule has 1 amide bonds. The zero-order valence-corrected chi connectivity index (χ0v) is 14.1. The van der Waals surface area contributed by atoms with E-state index < -0.39 is 0 Å². The molecule has 2 N–H and O–H groups in total. The van der Waals surface area contributed by atoms with E-state index in [0.29, 0.717) is 6.04 Å². The standard InChI is InChI=1S/C9H17NO2.C5H11N.C2H6/c1-9(2,3)12-8(11)10-6-4-5-7-10;6-5-3-1-2-4-5;1-2/h4-7H2,1-3H3;5H,1-4,6H2;1-2H3. The summed E-state index contributed by atoms with van der Waals surface area (Å²) in [5.74, 6) is 0. The van der Waals surface area contributed by atoms with Crippen LogP contribution in [0.5, 0.6) is 0 Å². The maximum absolute atomic E-state index is 11.4. The average Bonchev–Trinajstić information content (AvgIpc) is 3.02. The lowest BCUT2D eigenvalue weighted by atomic mass is 10.2.